The minimum absolute atomic E-state index is 0.146. The molecule has 0 aliphatic carbocycles. The summed E-state index contributed by atoms with van der Waals surface area (Å²) in [5.41, 5.74) is 0.469. The van der Waals surface area contributed by atoms with Gasteiger partial charge in [0.1, 0.15) is 18.8 Å². The molecule has 0 aromatic heterocycles. The van der Waals surface area contributed by atoms with E-state index in [2.05, 4.69) is 0 Å². The molecule has 0 saturated carbocycles. The van der Waals surface area contributed by atoms with E-state index in [9.17, 15) is 4.79 Å². The van der Waals surface area contributed by atoms with E-state index in [1.807, 2.05) is 0 Å². The van der Waals surface area contributed by atoms with Crippen LogP contribution in [0.5, 0.6) is 5.75 Å². The monoisotopic (exact) mass is 266 g/mol. The lowest BCUT2D eigenvalue weighted by Gasteiger charge is -2.23. The van der Waals surface area contributed by atoms with Gasteiger partial charge in [-0.25, -0.2) is 4.79 Å². The highest BCUT2D eigenvalue weighted by Crippen LogP contribution is 2.10. The number of aromatic hydroxyl groups is 1. The summed E-state index contributed by atoms with van der Waals surface area (Å²) in [7, 11) is 0. The Bertz CT molecular complexity index is 398. The van der Waals surface area contributed by atoms with E-state index >= 15 is 0 Å². The third-order valence-electron chi connectivity index (χ3n) is 3.21. The van der Waals surface area contributed by atoms with E-state index in [0.717, 1.165) is 39.3 Å². The molecule has 2 N–H and O–H groups in total. The topological polar surface area (TPSA) is 60.2 Å². The van der Waals surface area contributed by atoms with Gasteiger partial charge >= 0.3 is 5.97 Å². The average Bonchev–Trinajstić information content (AvgIpc) is 2.45. The first-order valence-corrected chi connectivity index (χ1v) is 6.63. The fraction of sp³-hybridized carbons (Fsp3) is 0.500. The number of rotatable bonds is 5. The first kappa shape index (κ1) is 13.8. The normalized spacial score (nSPS) is 16.2. The molecule has 1 saturated heterocycles. The maximum absolute atomic E-state index is 11.7. The number of esters is 1. The van der Waals surface area contributed by atoms with Crippen molar-refractivity contribution < 1.29 is 24.3 Å². The molecule has 0 amide bonds. The quantitative estimate of drug-likeness (QED) is 0.575. The van der Waals surface area contributed by atoms with Crippen LogP contribution in [-0.4, -0.2) is 50.5 Å². The van der Waals surface area contributed by atoms with Crippen molar-refractivity contribution >= 4 is 5.97 Å². The van der Waals surface area contributed by atoms with E-state index in [-0.39, 0.29) is 11.7 Å². The second-order valence-corrected chi connectivity index (χ2v) is 4.65. The van der Waals surface area contributed by atoms with Crippen molar-refractivity contribution in [3.63, 3.8) is 0 Å². The molecule has 19 heavy (non-hydrogen) atoms. The highest BCUT2D eigenvalue weighted by molar-refractivity contribution is 5.89. The molecule has 0 radical (unpaired) electrons. The summed E-state index contributed by atoms with van der Waals surface area (Å²) in [6.45, 7) is 5.15. The summed E-state index contributed by atoms with van der Waals surface area (Å²) in [5, 5.41) is 9.13. The predicted molar refractivity (Wildman–Crippen MR) is 69.4 cm³/mol. The van der Waals surface area contributed by atoms with E-state index in [4.69, 9.17) is 14.6 Å². The van der Waals surface area contributed by atoms with Crippen LogP contribution < -0.4 is 4.90 Å². The average molecular weight is 266 g/mol. The van der Waals surface area contributed by atoms with Gasteiger partial charge < -0.3 is 19.5 Å². The van der Waals surface area contributed by atoms with E-state index in [1.165, 1.54) is 17.0 Å². The van der Waals surface area contributed by atoms with E-state index in [0.29, 0.717) is 12.2 Å². The van der Waals surface area contributed by atoms with Crippen LogP contribution in [0.1, 0.15) is 16.8 Å². The van der Waals surface area contributed by atoms with Gasteiger partial charge in [0.15, 0.2) is 0 Å². The maximum atomic E-state index is 11.7. The van der Waals surface area contributed by atoms with Gasteiger partial charge in [0.05, 0.1) is 31.9 Å². The molecule has 1 aromatic carbocycles. The summed E-state index contributed by atoms with van der Waals surface area (Å²) < 4.78 is 10.5. The summed E-state index contributed by atoms with van der Waals surface area (Å²) in [4.78, 5) is 13.2. The van der Waals surface area contributed by atoms with Crippen LogP contribution in [0.4, 0.5) is 0 Å². The summed E-state index contributed by atoms with van der Waals surface area (Å²) in [5.74, 6) is -0.190. The molecule has 1 aliphatic heterocycles. The standard InChI is InChI=1S/C14H19NO4/c16-13-4-2-12(3-5-13)14(17)19-9-1-6-15-7-10-18-11-8-15/h2-5,16H,1,6-11H2/p+1. The molecular weight excluding hydrogens is 246 g/mol. The van der Waals surface area contributed by atoms with Crippen LogP contribution in [0.15, 0.2) is 24.3 Å². The molecule has 0 unspecified atom stereocenters. The number of ether oxygens (including phenoxy) is 2. The van der Waals surface area contributed by atoms with Crippen molar-refractivity contribution in [3.05, 3.63) is 29.8 Å². The van der Waals surface area contributed by atoms with Crippen molar-refractivity contribution in [2.45, 2.75) is 6.42 Å². The Labute approximate surface area is 112 Å². The minimum Gasteiger partial charge on any atom is -0.508 e. The fourth-order valence-electron chi connectivity index (χ4n) is 2.08. The molecule has 0 spiro atoms. The second kappa shape index (κ2) is 7.11. The smallest absolute Gasteiger partial charge is 0.338 e. The highest BCUT2D eigenvalue weighted by atomic mass is 16.5. The number of nitrogens with one attached hydrogen (secondary N) is 1. The largest absolute Gasteiger partial charge is 0.508 e. The molecule has 0 bridgehead atoms. The van der Waals surface area contributed by atoms with Gasteiger partial charge in [-0.3, -0.25) is 0 Å². The van der Waals surface area contributed by atoms with Crippen LogP contribution in [-0.2, 0) is 9.47 Å². The number of hydrogen-bond donors (Lipinski definition) is 2. The zero-order valence-corrected chi connectivity index (χ0v) is 10.9. The molecule has 2 rings (SSSR count). The van der Waals surface area contributed by atoms with Gasteiger partial charge in [-0.15, -0.1) is 0 Å². The summed E-state index contributed by atoms with van der Waals surface area (Å²) >= 11 is 0. The number of carbonyl (C=O) groups is 1. The maximum Gasteiger partial charge on any atom is 0.338 e. The number of quaternary nitrogens is 1. The van der Waals surface area contributed by atoms with Crippen LogP contribution in [0.25, 0.3) is 0 Å². The molecule has 0 atom stereocenters. The molecule has 5 nitrogen and oxygen atoms in total. The lowest BCUT2D eigenvalue weighted by Crippen LogP contribution is -3.14. The lowest BCUT2D eigenvalue weighted by atomic mass is 10.2. The van der Waals surface area contributed by atoms with E-state index in [1.54, 1.807) is 12.1 Å². The third-order valence-corrected chi connectivity index (χ3v) is 3.21. The molecule has 1 aliphatic rings. The number of phenols is 1. The van der Waals surface area contributed by atoms with Gasteiger partial charge in [-0.05, 0) is 24.3 Å². The zero-order valence-electron chi connectivity index (χ0n) is 10.9. The molecule has 1 heterocycles. The Morgan fingerprint density at radius 2 is 1.95 bits per heavy atom. The summed E-state index contributed by atoms with van der Waals surface area (Å²) in [6, 6.07) is 6.08. The van der Waals surface area contributed by atoms with Crippen molar-refractivity contribution in [1.29, 1.82) is 0 Å². The molecule has 5 heteroatoms. The van der Waals surface area contributed by atoms with Crippen LogP contribution in [0.2, 0.25) is 0 Å². The Kier molecular flexibility index (Phi) is 5.18. The van der Waals surface area contributed by atoms with E-state index < -0.39 is 0 Å². The SMILES string of the molecule is O=C(OCCC[NH+]1CCOCC1)c1ccc(O)cc1. The predicted octanol–water partition coefficient (Wildman–Crippen LogP) is -0.146. The van der Waals surface area contributed by atoms with Crippen molar-refractivity contribution in [1.82, 2.24) is 0 Å². The summed E-state index contributed by atoms with van der Waals surface area (Å²) in [6.07, 6.45) is 0.860. The molecule has 1 aromatic rings. The first-order chi connectivity index (χ1) is 9.25. The van der Waals surface area contributed by atoms with Crippen molar-refractivity contribution in [3.8, 4) is 5.75 Å². The number of hydrogen-bond acceptors (Lipinski definition) is 4. The highest BCUT2D eigenvalue weighted by Gasteiger charge is 2.13. The van der Waals surface area contributed by atoms with Crippen molar-refractivity contribution in [2.24, 2.45) is 0 Å². The number of carbonyl (C=O) groups excluding carboxylic acids is 1. The van der Waals surface area contributed by atoms with Crippen molar-refractivity contribution in [2.75, 3.05) is 39.5 Å². The number of benzene rings is 1. The van der Waals surface area contributed by atoms with Gasteiger partial charge in [0.2, 0.25) is 0 Å². The van der Waals surface area contributed by atoms with Gasteiger partial charge in [0, 0.05) is 6.42 Å². The molecular formula is C14H20NO4+. The Morgan fingerprint density at radius 3 is 2.63 bits per heavy atom. The number of phenolic OH excluding ortho intramolecular Hbond substituents is 1. The minimum atomic E-state index is -0.336. The third kappa shape index (κ3) is 4.54. The Balaban J connectivity index is 1.64. The lowest BCUT2D eigenvalue weighted by molar-refractivity contribution is -0.908. The molecule has 1 fully saturated rings. The second-order valence-electron chi connectivity index (χ2n) is 4.65. The molecule has 104 valence electrons. The Morgan fingerprint density at radius 1 is 1.26 bits per heavy atom. The van der Waals surface area contributed by atoms with Gasteiger partial charge in [-0.1, -0.05) is 0 Å². The van der Waals surface area contributed by atoms with Crippen LogP contribution in [0.3, 0.4) is 0 Å². The van der Waals surface area contributed by atoms with Crippen LogP contribution in [0, 0.1) is 0 Å². The van der Waals surface area contributed by atoms with Crippen LogP contribution >= 0.6 is 0 Å². The number of morpholine rings is 1. The first-order valence-electron chi connectivity index (χ1n) is 6.63. The van der Waals surface area contributed by atoms with Gasteiger partial charge in [-0.2, -0.15) is 0 Å². The zero-order chi connectivity index (χ0) is 13.5. The Hall–Kier alpha value is -1.59. The fourth-order valence-corrected chi connectivity index (χ4v) is 2.08. The van der Waals surface area contributed by atoms with Gasteiger partial charge in [0.25, 0.3) is 0 Å².